The zero-order valence-electron chi connectivity index (χ0n) is 12.9. The average Bonchev–Trinajstić information content (AvgIpc) is 2.98. The summed E-state index contributed by atoms with van der Waals surface area (Å²) in [5, 5.41) is 5.17. The summed E-state index contributed by atoms with van der Waals surface area (Å²) in [4.78, 5) is 29.5. The van der Waals surface area contributed by atoms with Crippen LogP contribution in [0.5, 0.6) is 0 Å². The first-order chi connectivity index (χ1) is 10.3. The van der Waals surface area contributed by atoms with E-state index >= 15 is 0 Å². The van der Waals surface area contributed by atoms with Crippen LogP contribution in [-0.2, 0) is 15.0 Å². The molecule has 1 aromatic heterocycles. The molecule has 1 aliphatic rings. The number of nitrogens with one attached hydrogen (secondary N) is 1. The van der Waals surface area contributed by atoms with Gasteiger partial charge in [0.05, 0.1) is 11.1 Å². The lowest BCUT2D eigenvalue weighted by Gasteiger charge is -2.16. The normalized spacial score (nSPS) is 15.8. The molecule has 0 fully saturated rings. The van der Waals surface area contributed by atoms with E-state index in [1.807, 2.05) is 37.4 Å². The molecule has 1 N–H and O–H groups in total. The van der Waals surface area contributed by atoms with Crippen LogP contribution in [0.1, 0.15) is 26.3 Å². The van der Waals surface area contributed by atoms with Crippen molar-refractivity contribution in [3.8, 4) is 11.3 Å². The number of carbonyl (C=O) groups is 2. The van der Waals surface area contributed by atoms with Crippen LogP contribution < -0.4 is 10.2 Å². The summed E-state index contributed by atoms with van der Waals surface area (Å²) in [5.41, 5.74) is 3.16. The lowest BCUT2D eigenvalue weighted by Crippen LogP contribution is -2.33. The third-order valence-corrected chi connectivity index (χ3v) is 4.71. The summed E-state index contributed by atoms with van der Waals surface area (Å²) in [6.07, 6.45) is 0. The minimum absolute atomic E-state index is 0.0943. The van der Waals surface area contributed by atoms with Gasteiger partial charge < -0.3 is 10.2 Å². The van der Waals surface area contributed by atoms with Crippen molar-refractivity contribution in [1.82, 2.24) is 4.98 Å². The van der Waals surface area contributed by atoms with Gasteiger partial charge >= 0.3 is 0 Å². The van der Waals surface area contributed by atoms with Gasteiger partial charge in [-0.25, -0.2) is 4.98 Å². The summed E-state index contributed by atoms with van der Waals surface area (Å²) < 4.78 is 0. The number of hydrogen-bond acceptors (Lipinski definition) is 4. The molecule has 0 spiro atoms. The second-order valence-corrected chi connectivity index (χ2v) is 6.80. The molecule has 2 heterocycles. The fourth-order valence-corrected chi connectivity index (χ4v) is 3.51. The monoisotopic (exact) mass is 315 g/mol. The minimum atomic E-state index is -0.531. The van der Waals surface area contributed by atoms with Gasteiger partial charge in [0.15, 0.2) is 5.13 Å². The number of anilines is 2. The number of carbonyl (C=O) groups excluding carboxylic acids is 2. The van der Waals surface area contributed by atoms with Crippen molar-refractivity contribution in [2.75, 3.05) is 17.3 Å². The molecule has 0 aliphatic carbocycles. The number of likely N-dealkylation sites (N-methyl/N-ethyl adjacent to an activating group) is 1. The van der Waals surface area contributed by atoms with E-state index in [1.54, 1.807) is 11.9 Å². The quantitative estimate of drug-likeness (QED) is 0.926. The molecule has 0 bridgehead atoms. The Hall–Kier alpha value is -2.21. The Morgan fingerprint density at radius 2 is 2.09 bits per heavy atom. The van der Waals surface area contributed by atoms with Gasteiger partial charge in [-0.3, -0.25) is 9.59 Å². The van der Waals surface area contributed by atoms with Crippen LogP contribution in [0.3, 0.4) is 0 Å². The largest absolute Gasteiger partial charge is 0.314 e. The number of amides is 2. The first-order valence-electron chi connectivity index (χ1n) is 6.97. The van der Waals surface area contributed by atoms with E-state index in [4.69, 9.17) is 0 Å². The van der Waals surface area contributed by atoms with Crippen LogP contribution in [0, 0.1) is 0 Å². The van der Waals surface area contributed by atoms with Crippen LogP contribution in [-0.4, -0.2) is 23.8 Å². The standard InChI is InChI=1S/C16H17N3O2S/c1-9(20)17-15-18-12(8-22-15)10-5-6-13-11(7-10)16(2,3)14(21)19(13)4/h5-8H,1-4H3,(H,17,18,20). The van der Waals surface area contributed by atoms with Gasteiger partial charge in [-0.15, -0.1) is 11.3 Å². The summed E-state index contributed by atoms with van der Waals surface area (Å²) in [7, 11) is 1.80. The van der Waals surface area contributed by atoms with Crippen molar-refractivity contribution in [1.29, 1.82) is 0 Å². The SMILES string of the molecule is CC(=O)Nc1nc(-c2ccc3c(c2)C(C)(C)C(=O)N3C)cs1. The number of aromatic nitrogens is 1. The molecule has 22 heavy (non-hydrogen) atoms. The van der Waals surface area contributed by atoms with Gasteiger partial charge in [0.25, 0.3) is 0 Å². The van der Waals surface area contributed by atoms with Crippen LogP contribution in [0.25, 0.3) is 11.3 Å². The first-order valence-corrected chi connectivity index (χ1v) is 7.85. The van der Waals surface area contributed by atoms with Gasteiger partial charge in [0.2, 0.25) is 11.8 Å². The Morgan fingerprint density at radius 1 is 1.36 bits per heavy atom. The summed E-state index contributed by atoms with van der Waals surface area (Å²) in [6, 6.07) is 5.93. The Morgan fingerprint density at radius 3 is 2.77 bits per heavy atom. The van der Waals surface area contributed by atoms with Crippen molar-refractivity contribution in [2.24, 2.45) is 0 Å². The van der Waals surface area contributed by atoms with Gasteiger partial charge in [-0.2, -0.15) is 0 Å². The van der Waals surface area contributed by atoms with E-state index in [-0.39, 0.29) is 11.8 Å². The molecule has 2 amide bonds. The van der Waals surface area contributed by atoms with Crippen molar-refractivity contribution >= 4 is 34.0 Å². The molecule has 0 saturated carbocycles. The summed E-state index contributed by atoms with van der Waals surface area (Å²) in [6.45, 7) is 5.33. The molecule has 1 aliphatic heterocycles. The third kappa shape index (κ3) is 2.20. The fraction of sp³-hybridized carbons (Fsp3) is 0.312. The van der Waals surface area contributed by atoms with E-state index in [9.17, 15) is 9.59 Å². The maximum Gasteiger partial charge on any atom is 0.236 e. The highest BCUT2D eigenvalue weighted by atomic mass is 32.1. The van der Waals surface area contributed by atoms with Gasteiger partial charge in [-0.1, -0.05) is 6.07 Å². The highest BCUT2D eigenvalue weighted by Gasteiger charge is 2.42. The van der Waals surface area contributed by atoms with E-state index < -0.39 is 5.41 Å². The van der Waals surface area contributed by atoms with Crippen LogP contribution in [0.4, 0.5) is 10.8 Å². The predicted octanol–water partition coefficient (Wildman–Crippen LogP) is 3.02. The molecule has 5 nitrogen and oxygen atoms in total. The molecular weight excluding hydrogens is 298 g/mol. The fourth-order valence-electron chi connectivity index (χ4n) is 2.75. The zero-order chi connectivity index (χ0) is 16.1. The molecule has 0 atom stereocenters. The highest BCUT2D eigenvalue weighted by molar-refractivity contribution is 7.14. The zero-order valence-corrected chi connectivity index (χ0v) is 13.7. The molecule has 0 radical (unpaired) electrons. The smallest absolute Gasteiger partial charge is 0.236 e. The number of hydrogen-bond donors (Lipinski definition) is 1. The predicted molar refractivity (Wildman–Crippen MR) is 88.3 cm³/mol. The van der Waals surface area contributed by atoms with Crippen molar-refractivity contribution in [3.05, 3.63) is 29.1 Å². The van der Waals surface area contributed by atoms with E-state index in [0.717, 1.165) is 22.5 Å². The van der Waals surface area contributed by atoms with E-state index in [0.29, 0.717) is 5.13 Å². The van der Waals surface area contributed by atoms with Crippen LogP contribution in [0.15, 0.2) is 23.6 Å². The molecular formula is C16H17N3O2S. The van der Waals surface area contributed by atoms with Gasteiger partial charge in [0, 0.05) is 30.6 Å². The molecule has 1 aromatic carbocycles. The summed E-state index contributed by atoms with van der Waals surface area (Å²) >= 11 is 1.39. The van der Waals surface area contributed by atoms with Gasteiger partial charge in [-0.05, 0) is 31.5 Å². The Kier molecular flexibility index (Phi) is 3.29. The molecule has 2 aromatic rings. The third-order valence-electron chi connectivity index (χ3n) is 3.95. The number of rotatable bonds is 2. The lowest BCUT2D eigenvalue weighted by molar-refractivity contribution is -0.121. The van der Waals surface area contributed by atoms with Crippen molar-refractivity contribution in [2.45, 2.75) is 26.2 Å². The number of fused-ring (bicyclic) bond motifs is 1. The molecule has 114 valence electrons. The molecule has 3 rings (SSSR count). The van der Waals surface area contributed by atoms with E-state index in [1.165, 1.54) is 18.3 Å². The van der Waals surface area contributed by atoms with Crippen LogP contribution in [0.2, 0.25) is 0 Å². The molecule has 0 unspecified atom stereocenters. The van der Waals surface area contributed by atoms with Gasteiger partial charge in [0.1, 0.15) is 0 Å². The van der Waals surface area contributed by atoms with Crippen LogP contribution >= 0.6 is 11.3 Å². The topological polar surface area (TPSA) is 62.3 Å². The maximum atomic E-state index is 12.3. The number of nitrogens with zero attached hydrogens (tertiary/aromatic N) is 2. The second-order valence-electron chi connectivity index (χ2n) is 5.94. The Balaban J connectivity index is 2.02. The first kappa shape index (κ1) is 14.7. The van der Waals surface area contributed by atoms with E-state index in [2.05, 4.69) is 10.3 Å². The Labute approximate surface area is 133 Å². The molecule has 0 saturated heterocycles. The lowest BCUT2D eigenvalue weighted by atomic mass is 9.85. The maximum absolute atomic E-state index is 12.3. The highest BCUT2D eigenvalue weighted by Crippen LogP contribution is 2.42. The second kappa shape index (κ2) is 4.91. The minimum Gasteiger partial charge on any atom is -0.314 e. The average molecular weight is 315 g/mol. The molecule has 6 heteroatoms. The van der Waals surface area contributed by atoms with Crippen molar-refractivity contribution in [3.63, 3.8) is 0 Å². The number of thiazole rings is 1. The number of benzene rings is 1. The summed E-state index contributed by atoms with van der Waals surface area (Å²) in [5.74, 6) is -0.0416. The van der Waals surface area contributed by atoms with Crippen molar-refractivity contribution < 1.29 is 9.59 Å². The Bertz CT molecular complexity index is 779.